The second-order valence-corrected chi connectivity index (χ2v) is 16.9. The molecular formula is C50H88O11. The molecule has 11 nitrogen and oxygen atoms in total. The first-order chi connectivity index (χ1) is 29.7. The summed E-state index contributed by atoms with van der Waals surface area (Å²) >= 11 is 0. The van der Waals surface area contributed by atoms with Crippen LogP contribution in [-0.2, 0) is 33.3 Å². The highest BCUT2D eigenvalue weighted by molar-refractivity contribution is 5.73. The van der Waals surface area contributed by atoms with Crippen molar-refractivity contribution >= 4 is 17.9 Å². The third kappa shape index (κ3) is 31.9. The molecule has 0 radical (unpaired) electrons. The number of ether oxygens (including phenoxy) is 4. The Hall–Kier alpha value is -2.57. The molecular weight excluding hydrogens is 777 g/mol. The Labute approximate surface area is 370 Å². The van der Waals surface area contributed by atoms with E-state index in [0.29, 0.717) is 12.8 Å². The fourth-order valence-corrected chi connectivity index (χ4v) is 7.30. The van der Waals surface area contributed by atoms with Gasteiger partial charge in [0.2, 0.25) is 0 Å². The second-order valence-electron chi connectivity index (χ2n) is 16.9. The lowest BCUT2D eigenvalue weighted by molar-refractivity contribution is -0.298. The maximum Gasteiger partial charge on any atom is 0.335 e. The van der Waals surface area contributed by atoms with E-state index in [2.05, 4.69) is 50.3 Å². The van der Waals surface area contributed by atoms with Crippen molar-refractivity contribution in [3.63, 3.8) is 0 Å². The average Bonchev–Trinajstić information content (AvgIpc) is 3.24. The van der Waals surface area contributed by atoms with Crippen LogP contribution in [0.2, 0.25) is 0 Å². The van der Waals surface area contributed by atoms with Gasteiger partial charge in [0.25, 0.3) is 0 Å². The predicted octanol–water partition coefficient (Wildman–Crippen LogP) is 11.2. The molecule has 0 aromatic heterocycles. The summed E-state index contributed by atoms with van der Waals surface area (Å²) in [6.45, 7) is 3.77. The first kappa shape index (κ1) is 56.4. The van der Waals surface area contributed by atoms with Crippen molar-refractivity contribution in [2.45, 2.75) is 250 Å². The minimum atomic E-state index is -1.86. The van der Waals surface area contributed by atoms with Gasteiger partial charge in [-0.3, -0.25) is 9.59 Å². The summed E-state index contributed by atoms with van der Waals surface area (Å²) in [6.07, 6.45) is 37.7. The number of carboxylic acid groups (broad SMARTS) is 1. The van der Waals surface area contributed by atoms with E-state index < -0.39 is 61.3 Å². The van der Waals surface area contributed by atoms with Gasteiger partial charge in [0.05, 0.1) is 6.61 Å². The number of hydrogen-bond acceptors (Lipinski definition) is 10. The first-order valence-electron chi connectivity index (χ1n) is 24.5. The molecule has 0 amide bonds. The Balaban J connectivity index is 2.32. The third-order valence-electron chi connectivity index (χ3n) is 11.2. The normalized spacial score (nSPS) is 19.9. The summed E-state index contributed by atoms with van der Waals surface area (Å²) in [6, 6.07) is 0. The molecule has 11 heteroatoms. The number of hydrogen-bond donors (Lipinski definition) is 4. The molecule has 1 saturated heterocycles. The summed E-state index contributed by atoms with van der Waals surface area (Å²) in [5.41, 5.74) is 0. The zero-order chi connectivity index (χ0) is 44.6. The van der Waals surface area contributed by atoms with Crippen molar-refractivity contribution in [1.82, 2.24) is 0 Å². The summed E-state index contributed by atoms with van der Waals surface area (Å²) in [7, 11) is 0. The van der Waals surface area contributed by atoms with E-state index in [9.17, 15) is 34.8 Å². The molecule has 6 unspecified atom stereocenters. The van der Waals surface area contributed by atoms with Gasteiger partial charge in [-0.25, -0.2) is 4.79 Å². The summed E-state index contributed by atoms with van der Waals surface area (Å²) in [5.74, 6) is -2.46. The Morgan fingerprint density at radius 3 is 1.43 bits per heavy atom. The van der Waals surface area contributed by atoms with Gasteiger partial charge in [-0.15, -0.1) is 0 Å². The lowest BCUT2D eigenvalue weighted by Gasteiger charge is -2.38. The number of aliphatic carboxylic acids is 1. The van der Waals surface area contributed by atoms with E-state index >= 15 is 0 Å². The van der Waals surface area contributed by atoms with E-state index in [4.69, 9.17) is 18.9 Å². The highest BCUT2D eigenvalue weighted by Crippen LogP contribution is 2.23. The molecule has 354 valence electrons. The maximum atomic E-state index is 12.8. The largest absolute Gasteiger partial charge is 0.479 e. The highest BCUT2D eigenvalue weighted by atomic mass is 16.7. The fourth-order valence-electron chi connectivity index (χ4n) is 7.30. The van der Waals surface area contributed by atoms with Crippen LogP contribution in [0.3, 0.4) is 0 Å². The molecule has 0 spiro atoms. The number of carbonyl (C=O) groups excluding carboxylic acids is 2. The van der Waals surface area contributed by atoms with Gasteiger partial charge in [0, 0.05) is 12.8 Å². The molecule has 1 heterocycles. The van der Waals surface area contributed by atoms with Gasteiger partial charge in [0.15, 0.2) is 18.5 Å². The standard InChI is InChI=1S/C50H88O11/c1-3-5-7-9-11-13-15-17-19-20-21-22-23-24-25-27-29-31-33-35-37-39-44(52)60-42(41-59-50-47(55)45(53)46(54)48(61-50)49(56)57)40-58-43(51)38-36-34-32-30-28-26-18-16-14-12-10-8-6-4-2/h10,12,16,18,20-21,42,45-48,50,53-55H,3-9,11,13-15,17,19,22-41H2,1-2H3,(H,56,57)/b12-10-,18-16-,21-20-. The van der Waals surface area contributed by atoms with Gasteiger partial charge < -0.3 is 39.4 Å². The Kier molecular flexibility index (Phi) is 37.2. The molecule has 0 aliphatic carbocycles. The maximum absolute atomic E-state index is 12.8. The van der Waals surface area contributed by atoms with E-state index in [0.717, 1.165) is 64.2 Å². The van der Waals surface area contributed by atoms with Crippen LogP contribution >= 0.6 is 0 Å². The van der Waals surface area contributed by atoms with Crippen LogP contribution in [-0.4, -0.2) is 88.4 Å². The number of rotatable bonds is 41. The second kappa shape index (κ2) is 40.2. The number of esters is 2. The summed E-state index contributed by atoms with van der Waals surface area (Å²) < 4.78 is 21.8. The molecule has 0 bridgehead atoms. The average molecular weight is 865 g/mol. The van der Waals surface area contributed by atoms with E-state index in [1.54, 1.807) is 0 Å². The predicted molar refractivity (Wildman–Crippen MR) is 243 cm³/mol. The van der Waals surface area contributed by atoms with Gasteiger partial charge in [-0.05, 0) is 64.2 Å². The highest BCUT2D eigenvalue weighted by Gasteiger charge is 2.47. The lowest BCUT2D eigenvalue weighted by atomic mass is 9.99. The van der Waals surface area contributed by atoms with Crippen molar-refractivity contribution in [2.24, 2.45) is 0 Å². The molecule has 1 aliphatic rings. The van der Waals surface area contributed by atoms with Crippen LogP contribution in [0.15, 0.2) is 36.5 Å². The molecule has 61 heavy (non-hydrogen) atoms. The molecule has 1 fully saturated rings. The summed E-state index contributed by atoms with van der Waals surface area (Å²) in [5, 5.41) is 39.9. The van der Waals surface area contributed by atoms with Gasteiger partial charge in [-0.1, -0.05) is 172 Å². The van der Waals surface area contributed by atoms with Crippen LogP contribution in [0.5, 0.6) is 0 Å². The van der Waals surface area contributed by atoms with E-state index in [1.807, 2.05) is 0 Å². The Bertz CT molecular complexity index is 1150. The minimum Gasteiger partial charge on any atom is -0.479 e. The fraction of sp³-hybridized carbons (Fsp3) is 0.820. The van der Waals surface area contributed by atoms with E-state index in [1.165, 1.54) is 109 Å². The van der Waals surface area contributed by atoms with Crippen molar-refractivity contribution in [2.75, 3.05) is 13.2 Å². The number of aliphatic hydroxyl groups is 3. The molecule has 1 rings (SSSR count). The number of allylic oxidation sites excluding steroid dienone is 6. The van der Waals surface area contributed by atoms with E-state index in [-0.39, 0.29) is 19.4 Å². The van der Waals surface area contributed by atoms with Crippen molar-refractivity contribution < 1.29 is 53.8 Å². The number of carbonyl (C=O) groups is 3. The third-order valence-corrected chi connectivity index (χ3v) is 11.2. The molecule has 0 aromatic carbocycles. The van der Waals surface area contributed by atoms with Crippen LogP contribution in [0.4, 0.5) is 0 Å². The number of carboxylic acids is 1. The quantitative estimate of drug-likeness (QED) is 0.0262. The van der Waals surface area contributed by atoms with Crippen LogP contribution in [0.1, 0.15) is 213 Å². The monoisotopic (exact) mass is 865 g/mol. The van der Waals surface area contributed by atoms with Crippen LogP contribution < -0.4 is 0 Å². The number of aliphatic hydroxyl groups excluding tert-OH is 3. The van der Waals surface area contributed by atoms with Gasteiger partial charge >= 0.3 is 17.9 Å². The van der Waals surface area contributed by atoms with Crippen LogP contribution in [0.25, 0.3) is 0 Å². The summed E-state index contributed by atoms with van der Waals surface area (Å²) in [4.78, 5) is 36.9. The van der Waals surface area contributed by atoms with Crippen molar-refractivity contribution in [3.05, 3.63) is 36.5 Å². The molecule has 4 N–H and O–H groups in total. The molecule has 6 atom stereocenters. The van der Waals surface area contributed by atoms with Crippen molar-refractivity contribution in [3.8, 4) is 0 Å². The molecule has 1 aliphatic heterocycles. The zero-order valence-electron chi connectivity index (χ0n) is 38.4. The SMILES string of the molecule is CCCC/C=C\C/C=C\CCCCCCCC(=O)OCC(COC1OC(C(=O)O)C(O)C(O)C1O)OC(=O)CCCCCCCCCCC/C=C\CCCCCCCCCC. The lowest BCUT2D eigenvalue weighted by Crippen LogP contribution is -2.60. The smallest absolute Gasteiger partial charge is 0.335 e. The first-order valence-corrected chi connectivity index (χ1v) is 24.5. The Morgan fingerprint density at radius 2 is 0.934 bits per heavy atom. The van der Waals surface area contributed by atoms with Gasteiger partial charge in [0.1, 0.15) is 24.9 Å². The van der Waals surface area contributed by atoms with Crippen LogP contribution in [0, 0.1) is 0 Å². The van der Waals surface area contributed by atoms with Crippen molar-refractivity contribution in [1.29, 1.82) is 0 Å². The molecule has 0 aromatic rings. The van der Waals surface area contributed by atoms with Gasteiger partial charge in [-0.2, -0.15) is 0 Å². The number of unbranched alkanes of at least 4 members (excludes halogenated alkanes) is 24. The Morgan fingerprint density at radius 1 is 0.508 bits per heavy atom. The minimum absolute atomic E-state index is 0.178. The topological polar surface area (TPSA) is 169 Å². The molecule has 0 saturated carbocycles. The zero-order valence-corrected chi connectivity index (χ0v) is 38.4.